The number of carbonyl (C=O) groups excluding carboxylic acids is 1. The molecule has 114 valence electrons. The van der Waals surface area contributed by atoms with E-state index in [4.69, 9.17) is 5.73 Å². The number of anilines is 1. The van der Waals surface area contributed by atoms with E-state index >= 15 is 0 Å². The Kier molecular flexibility index (Phi) is 4.18. The van der Waals surface area contributed by atoms with E-state index in [1.165, 1.54) is 5.56 Å². The maximum absolute atomic E-state index is 12.6. The van der Waals surface area contributed by atoms with Crippen LogP contribution in [-0.4, -0.2) is 17.6 Å². The van der Waals surface area contributed by atoms with Crippen LogP contribution in [0.2, 0.25) is 0 Å². The first kappa shape index (κ1) is 15.1. The molecule has 1 unspecified atom stereocenters. The van der Waals surface area contributed by atoms with Crippen molar-refractivity contribution in [1.29, 1.82) is 0 Å². The van der Waals surface area contributed by atoms with Gasteiger partial charge in [-0.3, -0.25) is 4.79 Å². The van der Waals surface area contributed by atoms with Crippen LogP contribution in [0.25, 0.3) is 0 Å². The van der Waals surface area contributed by atoms with Crippen LogP contribution in [0.4, 0.5) is 5.69 Å². The second-order valence-electron chi connectivity index (χ2n) is 5.44. The lowest BCUT2D eigenvalue weighted by Crippen LogP contribution is -2.31. The number of hydrogen-bond donors (Lipinski definition) is 2. The lowest BCUT2D eigenvalue weighted by molar-refractivity contribution is -0.118. The fraction of sp³-hybridized carbons (Fsp3) is 0.235. The van der Waals surface area contributed by atoms with Crippen LogP contribution in [0.3, 0.4) is 0 Å². The lowest BCUT2D eigenvalue weighted by Gasteiger charge is -2.20. The average Bonchev–Trinajstić information content (AvgIpc) is 2.91. The van der Waals surface area contributed by atoms with Crippen LogP contribution in [0.15, 0.2) is 46.9 Å². The molecule has 3 rings (SSSR count). The standard InChI is InChI=1S/C17H17BrN2O2/c18-14-9-12(21)5-6-13(14)15(19)10-17(22)20-8-7-11-3-1-2-4-16(11)20/h1-6,9,15,21H,7-8,10,19H2. The van der Waals surface area contributed by atoms with Gasteiger partial charge in [-0.1, -0.05) is 40.2 Å². The van der Waals surface area contributed by atoms with Crippen molar-refractivity contribution in [2.75, 3.05) is 11.4 Å². The van der Waals surface area contributed by atoms with Gasteiger partial charge in [0, 0.05) is 29.2 Å². The summed E-state index contributed by atoms with van der Waals surface area (Å²) in [5.41, 5.74) is 9.19. The summed E-state index contributed by atoms with van der Waals surface area (Å²) in [5, 5.41) is 9.44. The molecule has 5 heteroatoms. The minimum Gasteiger partial charge on any atom is -0.508 e. The summed E-state index contributed by atoms with van der Waals surface area (Å²) in [5.74, 6) is 0.194. The topological polar surface area (TPSA) is 66.6 Å². The number of benzene rings is 2. The Bertz CT molecular complexity index is 718. The summed E-state index contributed by atoms with van der Waals surface area (Å²) >= 11 is 3.38. The average molecular weight is 361 g/mol. The van der Waals surface area contributed by atoms with Crippen LogP contribution in [0.5, 0.6) is 5.75 Å². The molecular weight excluding hydrogens is 344 g/mol. The van der Waals surface area contributed by atoms with Crippen LogP contribution < -0.4 is 10.6 Å². The van der Waals surface area contributed by atoms with Gasteiger partial charge in [0.1, 0.15) is 5.75 Å². The molecule has 4 nitrogen and oxygen atoms in total. The van der Waals surface area contributed by atoms with Gasteiger partial charge < -0.3 is 15.7 Å². The molecule has 0 aliphatic carbocycles. The Labute approximate surface area is 137 Å². The van der Waals surface area contributed by atoms with E-state index in [1.807, 2.05) is 23.1 Å². The Morgan fingerprint density at radius 1 is 1.32 bits per heavy atom. The minimum atomic E-state index is -0.407. The molecule has 0 spiro atoms. The summed E-state index contributed by atoms with van der Waals surface area (Å²) in [6.07, 6.45) is 1.12. The molecule has 0 radical (unpaired) electrons. The van der Waals surface area contributed by atoms with E-state index in [2.05, 4.69) is 22.0 Å². The number of rotatable bonds is 3. The van der Waals surface area contributed by atoms with Crippen molar-refractivity contribution < 1.29 is 9.90 Å². The van der Waals surface area contributed by atoms with E-state index in [1.54, 1.807) is 18.2 Å². The number of phenols is 1. The van der Waals surface area contributed by atoms with Crippen molar-refractivity contribution in [3.63, 3.8) is 0 Å². The third-order valence-corrected chi connectivity index (χ3v) is 4.65. The zero-order chi connectivity index (χ0) is 15.7. The highest BCUT2D eigenvalue weighted by atomic mass is 79.9. The Hall–Kier alpha value is -1.85. The highest BCUT2D eigenvalue weighted by Gasteiger charge is 2.26. The van der Waals surface area contributed by atoms with Gasteiger partial charge in [0.05, 0.1) is 0 Å². The zero-order valence-corrected chi connectivity index (χ0v) is 13.6. The molecule has 0 fully saturated rings. The number of nitrogens with zero attached hydrogens (tertiary/aromatic N) is 1. The molecule has 1 amide bonds. The van der Waals surface area contributed by atoms with Gasteiger partial charge in [0.15, 0.2) is 0 Å². The van der Waals surface area contributed by atoms with Gasteiger partial charge in [-0.15, -0.1) is 0 Å². The van der Waals surface area contributed by atoms with Crippen molar-refractivity contribution >= 4 is 27.5 Å². The van der Waals surface area contributed by atoms with Gasteiger partial charge in [-0.25, -0.2) is 0 Å². The van der Waals surface area contributed by atoms with Crippen LogP contribution in [0.1, 0.15) is 23.6 Å². The summed E-state index contributed by atoms with van der Waals surface area (Å²) < 4.78 is 0.717. The molecule has 1 heterocycles. The van der Waals surface area contributed by atoms with Crippen LogP contribution >= 0.6 is 15.9 Å². The molecule has 0 aromatic heterocycles. The highest BCUT2D eigenvalue weighted by molar-refractivity contribution is 9.10. The number of amides is 1. The van der Waals surface area contributed by atoms with E-state index in [0.717, 1.165) is 22.1 Å². The number of para-hydroxylation sites is 1. The predicted octanol–water partition coefficient (Wildman–Crippen LogP) is 3.13. The van der Waals surface area contributed by atoms with Crippen molar-refractivity contribution in [2.24, 2.45) is 5.73 Å². The zero-order valence-electron chi connectivity index (χ0n) is 12.0. The maximum Gasteiger partial charge on any atom is 0.228 e. The monoisotopic (exact) mass is 360 g/mol. The molecule has 0 bridgehead atoms. The van der Waals surface area contributed by atoms with E-state index < -0.39 is 6.04 Å². The normalized spacial score (nSPS) is 14.7. The van der Waals surface area contributed by atoms with E-state index in [0.29, 0.717) is 6.54 Å². The molecule has 2 aromatic carbocycles. The van der Waals surface area contributed by atoms with E-state index in [9.17, 15) is 9.90 Å². The number of carbonyl (C=O) groups is 1. The smallest absolute Gasteiger partial charge is 0.228 e. The van der Waals surface area contributed by atoms with Crippen molar-refractivity contribution in [3.05, 3.63) is 58.1 Å². The van der Waals surface area contributed by atoms with Gasteiger partial charge >= 0.3 is 0 Å². The molecule has 3 N–H and O–H groups in total. The Morgan fingerprint density at radius 3 is 2.86 bits per heavy atom. The Morgan fingerprint density at radius 2 is 2.09 bits per heavy atom. The quantitative estimate of drug-likeness (QED) is 0.883. The summed E-state index contributed by atoms with van der Waals surface area (Å²) in [4.78, 5) is 14.4. The van der Waals surface area contributed by atoms with Crippen molar-refractivity contribution in [3.8, 4) is 5.75 Å². The first-order chi connectivity index (χ1) is 10.6. The number of halogens is 1. The molecule has 22 heavy (non-hydrogen) atoms. The molecular formula is C17H17BrN2O2. The van der Waals surface area contributed by atoms with Gasteiger partial charge in [-0.2, -0.15) is 0 Å². The fourth-order valence-corrected chi connectivity index (χ4v) is 3.48. The predicted molar refractivity (Wildman–Crippen MR) is 89.9 cm³/mol. The number of phenolic OH excluding ortho intramolecular Hbond substituents is 1. The van der Waals surface area contributed by atoms with Gasteiger partial charge in [0.2, 0.25) is 5.91 Å². The highest BCUT2D eigenvalue weighted by Crippen LogP contribution is 2.31. The molecule has 1 aliphatic heterocycles. The maximum atomic E-state index is 12.6. The summed E-state index contributed by atoms with van der Waals surface area (Å²) in [6.45, 7) is 0.710. The molecule has 1 aliphatic rings. The Balaban J connectivity index is 1.75. The minimum absolute atomic E-state index is 0.0254. The lowest BCUT2D eigenvalue weighted by atomic mass is 10.0. The van der Waals surface area contributed by atoms with Crippen molar-refractivity contribution in [2.45, 2.75) is 18.9 Å². The fourth-order valence-electron chi connectivity index (χ4n) is 2.82. The number of hydrogen-bond acceptors (Lipinski definition) is 3. The van der Waals surface area contributed by atoms with Crippen LogP contribution in [-0.2, 0) is 11.2 Å². The molecule has 0 saturated carbocycles. The largest absolute Gasteiger partial charge is 0.508 e. The number of aromatic hydroxyl groups is 1. The van der Waals surface area contributed by atoms with Crippen LogP contribution in [0, 0.1) is 0 Å². The molecule has 0 saturated heterocycles. The van der Waals surface area contributed by atoms with Gasteiger partial charge in [-0.05, 0) is 35.7 Å². The van der Waals surface area contributed by atoms with E-state index in [-0.39, 0.29) is 18.1 Å². The second-order valence-corrected chi connectivity index (χ2v) is 6.29. The van der Waals surface area contributed by atoms with Gasteiger partial charge in [0.25, 0.3) is 0 Å². The van der Waals surface area contributed by atoms with Crippen molar-refractivity contribution in [1.82, 2.24) is 0 Å². The third-order valence-electron chi connectivity index (χ3n) is 3.97. The molecule has 2 aromatic rings. The number of nitrogens with two attached hydrogens (primary N) is 1. The summed E-state index contributed by atoms with van der Waals surface area (Å²) in [7, 11) is 0. The first-order valence-corrected chi connectivity index (χ1v) is 7.98. The molecule has 1 atom stereocenters. The first-order valence-electron chi connectivity index (χ1n) is 7.18. The SMILES string of the molecule is NC(CC(=O)N1CCc2ccccc21)c1ccc(O)cc1Br. The third kappa shape index (κ3) is 2.87. The number of fused-ring (bicyclic) bond motifs is 1. The summed E-state index contributed by atoms with van der Waals surface area (Å²) in [6, 6.07) is 12.5. The second kappa shape index (κ2) is 6.10.